The van der Waals surface area contributed by atoms with Crippen LogP contribution in [0.3, 0.4) is 0 Å². The Balaban J connectivity index is 3.46. The van der Waals surface area contributed by atoms with E-state index in [4.69, 9.17) is 5.73 Å². The zero-order chi connectivity index (χ0) is 11.0. The van der Waals surface area contributed by atoms with Gasteiger partial charge < -0.3 is 5.73 Å². The van der Waals surface area contributed by atoms with Crippen LogP contribution >= 0.6 is 0 Å². The normalized spacial score (nSPS) is 15.9. The van der Waals surface area contributed by atoms with Crippen molar-refractivity contribution in [2.45, 2.75) is 72.3 Å². The van der Waals surface area contributed by atoms with E-state index in [2.05, 4.69) is 27.7 Å². The van der Waals surface area contributed by atoms with Gasteiger partial charge in [0.15, 0.2) is 0 Å². The first-order valence-electron chi connectivity index (χ1n) is 6.33. The summed E-state index contributed by atoms with van der Waals surface area (Å²) in [4.78, 5) is 0. The Bertz CT molecular complexity index is 120. The highest BCUT2D eigenvalue weighted by atomic mass is 14.6. The highest BCUT2D eigenvalue weighted by Crippen LogP contribution is 2.17. The zero-order valence-electron chi connectivity index (χ0n) is 10.6. The zero-order valence-corrected chi connectivity index (χ0v) is 10.6. The highest BCUT2D eigenvalue weighted by molar-refractivity contribution is 4.70. The Morgan fingerprint density at radius 3 is 2.14 bits per heavy atom. The fourth-order valence-corrected chi connectivity index (χ4v) is 2.01. The first-order chi connectivity index (χ1) is 6.57. The lowest BCUT2D eigenvalue weighted by Gasteiger charge is -2.21. The molecule has 2 atom stereocenters. The molecule has 0 aromatic heterocycles. The van der Waals surface area contributed by atoms with Gasteiger partial charge in [0.25, 0.3) is 0 Å². The van der Waals surface area contributed by atoms with Gasteiger partial charge in [0, 0.05) is 6.04 Å². The van der Waals surface area contributed by atoms with Gasteiger partial charge >= 0.3 is 0 Å². The maximum Gasteiger partial charge on any atom is 0.00646 e. The van der Waals surface area contributed by atoms with Gasteiger partial charge in [-0.05, 0) is 24.7 Å². The van der Waals surface area contributed by atoms with Gasteiger partial charge in [-0.1, -0.05) is 53.4 Å². The predicted molar refractivity (Wildman–Crippen MR) is 65.4 cm³/mol. The van der Waals surface area contributed by atoms with Crippen LogP contribution in [0.25, 0.3) is 0 Å². The van der Waals surface area contributed by atoms with Crippen LogP contribution in [0.1, 0.15) is 66.2 Å². The van der Waals surface area contributed by atoms with Crippen molar-refractivity contribution in [2.75, 3.05) is 0 Å². The van der Waals surface area contributed by atoms with Gasteiger partial charge in [-0.2, -0.15) is 0 Å². The number of nitrogens with two attached hydrogens (primary N) is 1. The smallest absolute Gasteiger partial charge is 0.00646 e. The van der Waals surface area contributed by atoms with E-state index in [1.807, 2.05) is 0 Å². The molecule has 0 aliphatic rings. The maximum absolute atomic E-state index is 6.15. The third-order valence-electron chi connectivity index (χ3n) is 2.97. The molecule has 0 aliphatic carbocycles. The van der Waals surface area contributed by atoms with Crippen LogP contribution in [-0.2, 0) is 0 Å². The summed E-state index contributed by atoms with van der Waals surface area (Å²) in [7, 11) is 0. The Morgan fingerprint density at radius 1 is 1.00 bits per heavy atom. The lowest BCUT2D eigenvalue weighted by molar-refractivity contribution is 0.350. The standard InChI is InChI=1S/C13H29N/c1-5-6-7-8-9-13(14)12(4)10-11(2)3/h11-13H,5-10,14H2,1-4H3/t12-,13?/m1/s1. The number of unbranched alkanes of at least 4 members (excludes halogenated alkanes) is 3. The summed E-state index contributed by atoms with van der Waals surface area (Å²) in [6.45, 7) is 9.10. The van der Waals surface area contributed by atoms with Crippen molar-refractivity contribution in [1.29, 1.82) is 0 Å². The summed E-state index contributed by atoms with van der Waals surface area (Å²) in [5, 5.41) is 0. The molecule has 1 unspecified atom stereocenters. The monoisotopic (exact) mass is 199 g/mol. The Morgan fingerprint density at radius 2 is 1.64 bits per heavy atom. The highest BCUT2D eigenvalue weighted by Gasteiger charge is 2.13. The number of rotatable bonds is 8. The SMILES string of the molecule is CCCCCCC(N)[C@H](C)CC(C)C. The van der Waals surface area contributed by atoms with Crippen LogP contribution in [0.2, 0.25) is 0 Å². The molecule has 0 spiro atoms. The minimum absolute atomic E-state index is 0.425. The van der Waals surface area contributed by atoms with E-state index < -0.39 is 0 Å². The molecule has 0 rings (SSSR count). The number of hydrogen-bond acceptors (Lipinski definition) is 1. The molecule has 0 aromatic carbocycles. The van der Waals surface area contributed by atoms with Crippen molar-refractivity contribution in [3.63, 3.8) is 0 Å². The van der Waals surface area contributed by atoms with Crippen molar-refractivity contribution in [3.8, 4) is 0 Å². The molecule has 0 amide bonds. The van der Waals surface area contributed by atoms with Gasteiger partial charge in [-0.3, -0.25) is 0 Å². The van der Waals surface area contributed by atoms with Gasteiger partial charge in [0.1, 0.15) is 0 Å². The Labute approximate surface area is 90.5 Å². The minimum atomic E-state index is 0.425. The summed E-state index contributed by atoms with van der Waals surface area (Å²) >= 11 is 0. The molecule has 0 heterocycles. The van der Waals surface area contributed by atoms with Crippen LogP contribution in [0.5, 0.6) is 0 Å². The summed E-state index contributed by atoms with van der Waals surface area (Å²) < 4.78 is 0. The average molecular weight is 199 g/mol. The van der Waals surface area contributed by atoms with Crippen molar-refractivity contribution in [3.05, 3.63) is 0 Å². The van der Waals surface area contributed by atoms with Gasteiger partial charge in [-0.15, -0.1) is 0 Å². The molecule has 0 saturated carbocycles. The second-order valence-electron chi connectivity index (χ2n) is 5.12. The molecule has 0 bridgehead atoms. The predicted octanol–water partition coefficient (Wildman–Crippen LogP) is 3.97. The van der Waals surface area contributed by atoms with Crippen LogP contribution < -0.4 is 5.73 Å². The van der Waals surface area contributed by atoms with E-state index in [0.29, 0.717) is 12.0 Å². The lowest BCUT2D eigenvalue weighted by atomic mass is 9.89. The Kier molecular flexibility index (Phi) is 8.26. The van der Waals surface area contributed by atoms with E-state index >= 15 is 0 Å². The summed E-state index contributed by atoms with van der Waals surface area (Å²) in [5.41, 5.74) is 6.15. The second kappa shape index (κ2) is 8.28. The molecule has 0 saturated heterocycles. The molecule has 0 aliphatic heterocycles. The largest absolute Gasteiger partial charge is 0.327 e. The molecule has 0 radical (unpaired) electrons. The maximum atomic E-state index is 6.15. The molecule has 2 N–H and O–H groups in total. The van der Waals surface area contributed by atoms with E-state index in [0.717, 1.165) is 5.92 Å². The van der Waals surface area contributed by atoms with Crippen molar-refractivity contribution >= 4 is 0 Å². The van der Waals surface area contributed by atoms with Gasteiger partial charge in [-0.25, -0.2) is 0 Å². The summed E-state index contributed by atoms with van der Waals surface area (Å²) in [6.07, 6.45) is 7.85. The van der Waals surface area contributed by atoms with Crippen molar-refractivity contribution < 1.29 is 0 Å². The van der Waals surface area contributed by atoms with Crippen molar-refractivity contribution in [2.24, 2.45) is 17.6 Å². The summed E-state index contributed by atoms with van der Waals surface area (Å²) in [6, 6.07) is 0.425. The molecule has 14 heavy (non-hydrogen) atoms. The molecule has 0 aromatic rings. The molecule has 1 heteroatoms. The summed E-state index contributed by atoms with van der Waals surface area (Å²) in [5.74, 6) is 1.48. The first-order valence-corrected chi connectivity index (χ1v) is 6.33. The fourth-order valence-electron chi connectivity index (χ4n) is 2.01. The average Bonchev–Trinajstić information content (AvgIpc) is 2.11. The molecular weight excluding hydrogens is 170 g/mol. The van der Waals surface area contributed by atoms with E-state index in [9.17, 15) is 0 Å². The third kappa shape index (κ3) is 7.37. The van der Waals surface area contributed by atoms with E-state index in [-0.39, 0.29) is 0 Å². The molecule has 86 valence electrons. The van der Waals surface area contributed by atoms with Crippen molar-refractivity contribution in [1.82, 2.24) is 0 Å². The van der Waals surface area contributed by atoms with Gasteiger partial charge in [0.05, 0.1) is 0 Å². The third-order valence-corrected chi connectivity index (χ3v) is 2.97. The lowest BCUT2D eigenvalue weighted by Crippen LogP contribution is -2.29. The van der Waals surface area contributed by atoms with Crippen LogP contribution in [-0.4, -0.2) is 6.04 Å². The van der Waals surface area contributed by atoms with Crippen LogP contribution in [0.4, 0.5) is 0 Å². The molecule has 1 nitrogen and oxygen atoms in total. The van der Waals surface area contributed by atoms with Crippen LogP contribution in [0.15, 0.2) is 0 Å². The minimum Gasteiger partial charge on any atom is -0.327 e. The Hall–Kier alpha value is -0.0400. The molecule has 0 fully saturated rings. The van der Waals surface area contributed by atoms with E-state index in [1.54, 1.807) is 0 Å². The first kappa shape index (κ1) is 14.0. The van der Waals surface area contributed by atoms with Gasteiger partial charge in [0.2, 0.25) is 0 Å². The number of hydrogen-bond donors (Lipinski definition) is 1. The van der Waals surface area contributed by atoms with Crippen LogP contribution in [0, 0.1) is 11.8 Å². The second-order valence-corrected chi connectivity index (χ2v) is 5.12. The van der Waals surface area contributed by atoms with E-state index in [1.165, 1.54) is 38.5 Å². The quantitative estimate of drug-likeness (QED) is 0.588. The topological polar surface area (TPSA) is 26.0 Å². The fraction of sp³-hybridized carbons (Fsp3) is 1.00. The molecular formula is C13H29N.